The van der Waals surface area contributed by atoms with Crippen LogP contribution in [0.5, 0.6) is 0 Å². The van der Waals surface area contributed by atoms with Gasteiger partial charge in [0.1, 0.15) is 29.5 Å². The molecule has 1 aromatic carbocycles. The van der Waals surface area contributed by atoms with Gasteiger partial charge in [0.25, 0.3) is 0 Å². The average Bonchev–Trinajstić information content (AvgIpc) is 3.26. The van der Waals surface area contributed by atoms with Gasteiger partial charge in [0.15, 0.2) is 0 Å². The molecule has 0 aliphatic rings. The maximum absolute atomic E-state index is 12.1. The van der Waals surface area contributed by atoms with Crippen molar-refractivity contribution in [3.05, 3.63) is 68.7 Å². The summed E-state index contributed by atoms with van der Waals surface area (Å²) in [5.41, 5.74) is 1.44. The highest BCUT2D eigenvalue weighted by atomic mass is 35.5. The molecule has 0 bridgehead atoms. The number of amides is 1. The summed E-state index contributed by atoms with van der Waals surface area (Å²) in [4.78, 5) is 26.8. The number of benzene rings is 1. The van der Waals surface area contributed by atoms with E-state index < -0.39 is 4.92 Å². The Hall–Kier alpha value is -3.46. The Labute approximate surface area is 177 Å². The molecule has 30 heavy (non-hydrogen) atoms. The molecule has 156 valence electrons. The standard InChI is InChI=1S/C20H20ClN5O4/c1-13-20(26(28)29)14(2)25(24-13)12-19(27)23-9-8-22-11-17-6-7-18(30-17)15-4-3-5-16(21)10-15/h3-7,10-11H,8-9,12H2,1-2H3,(H,23,27). The number of aryl methyl sites for hydroxylation is 1. The summed E-state index contributed by atoms with van der Waals surface area (Å²) in [6.07, 6.45) is 1.59. The third kappa shape index (κ3) is 5.12. The van der Waals surface area contributed by atoms with Gasteiger partial charge in [-0.15, -0.1) is 0 Å². The van der Waals surface area contributed by atoms with Crippen LogP contribution in [0.2, 0.25) is 5.02 Å². The fourth-order valence-electron chi connectivity index (χ4n) is 2.93. The fraction of sp³-hybridized carbons (Fsp3) is 0.250. The Morgan fingerprint density at radius 1 is 1.37 bits per heavy atom. The molecule has 0 saturated heterocycles. The van der Waals surface area contributed by atoms with Crippen molar-refractivity contribution < 1.29 is 14.1 Å². The summed E-state index contributed by atoms with van der Waals surface area (Å²) in [6.45, 7) is 3.69. The monoisotopic (exact) mass is 429 g/mol. The summed E-state index contributed by atoms with van der Waals surface area (Å²) in [7, 11) is 0. The number of nitro groups is 1. The first-order valence-corrected chi connectivity index (χ1v) is 9.53. The molecule has 1 amide bonds. The second-order valence-corrected chi connectivity index (χ2v) is 6.97. The normalized spacial score (nSPS) is 11.2. The van der Waals surface area contributed by atoms with Gasteiger partial charge in [-0.3, -0.25) is 24.6 Å². The second-order valence-electron chi connectivity index (χ2n) is 6.53. The molecule has 0 aliphatic carbocycles. The maximum Gasteiger partial charge on any atom is 0.312 e. The predicted molar refractivity (Wildman–Crippen MR) is 113 cm³/mol. The zero-order chi connectivity index (χ0) is 21.7. The van der Waals surface area contributed by atoms with Gasteiger partial charge in [-0.2, -0.15) is 5.10 Å². The Bertz CT molecular complexity index is 1100. The van der Waals surface area contributed by atoms with Crippen LogP contribution in [0.25, 0.3) is 11.3 Å². The van der Waals surface area contributed by atoms with E-state index in [9.17, 15) is 14.9 Å². The molecule has 1 N–H and O–H groups in total. The molecule has 3 aromatic rings. The molecular weight excluding hydrogens is 410 g/mol. The van der Waals surface area contributed by atoms with E-state index in [-0.39, 0.29) is 23.8 Å². The number of halogens is 1. The van der Waals surface area contributed by atoms with Crippen LogP contribution in [0.4, 0.5) is 5.69 Å². The number of nitrogens with one attached hydrogen (secondary N) is 1. The molecule has 0 saturated carbocycles. The first-order chi connectivity index (χ1) is 14.3. The lowest BCUT2D eigenvalue weighted by Crippen LogP contribution is -2.30. The maximum atomic E-state index is 12.1. The lowest BCUT2D eigenvalue weighted by Gasteiger charge is -2.04. The number of aliphatic imine (C=N–C) groups is 1. The minimum atomic E-state index is -0.493. The third-order valence-electron chi connectivity index (χ3n) is 4.34. The number of hydrogen-bond donors (Lipinski definition) is 1. The van der Waals surface area contributed by atoms with Crippen molar-refractivity contribution in [1.82, 2.24) is 15.1 Å². The summed E-state index contributed by atoms with van der Waals surface area (Å²) in [5.74, 6) is 0.976. The van der Waals surface area contributed by atoms with Gasteiger partial charge in [0.05, 0.1) is 17.7 Å². The SMILES string of the molecule is Cc1nn(CC(=O)NCCN=Cc2ccc(-c3cccc(Cl)c3)o2)c(C)c1[N+](=O)[O-]. The van der Waals surface area contributed by atoms with E-state index in [4.69, 9.17) is 16.0 Å². The fourth-order valence-corrected chi connectivity index (χ4v) is 3.12. The minimum absolute atomic E-state index is 0.0667. The number of aromatic nitrogens is 2. The number of carbonyl (C=O) groups is 1. The molecule has 9 nitrogen and oxygen atoms in total. The van der Waals surface area contributed by atoms with Crippen LogP contribution >= 0.6 is 11.6 Å². The van der Waals surface area contributed by atoms with E-state index in [0.29, 0.717) is 35.3 Å². The smallest absolute Gasteiger partial charge is 0.312 e. The van der Waals surface area contributed by atoms with E-state index in [1.165, 1.54) is 4.68 Å². The van der Waals surface area contributed by atoms with E-state index in [0.717, 1.165) is 5.56 Å². The third-order valence-corrected chi connectivity index (χ3v) is 4.57. The Morgan fingerprint density at radius 2 is 2.17 bits per heavy atom. The molecule has 0 atom stereocenters. The first kappa shape index (κ1) is 21.3. The van der Waals surface area contributed by atoms with Crippen molar-refractivity contribution in [1.29, 1.82) is 0 Å². The van der Waals surface area contributed by atoms with Crippen LogP contribution in [0, 0.1) is 24.0 Å². The van der Waals surface area contributed by atoms with Crippen molar-refractivity contribution >= 4 is 29.4 Å². The van der Waals surface area contributed by atoms with Gasteiger partial charge in [0, 0.05) is 17.1 Å². The Balaban J connectivity index is 1.47. The number of furan rings is 1. The van der Waals surface area contributed by atoms with Crippen LogP contribution < -0.4 is 5.32 Å². The van der Waals surface area contributed by atoms with Gasteiger partial charge in [0.2, 0.25) is 5.91 Å². The topological polar surface area (TPSA) is 116 Å². The Kier molecular flexibility index (Phi) is 6.63. The molecule has 0 aliphatic heterocycles. The quantitative estimate of drug-likeness (QED) is 0.254. The largest absolute Gasteiger partial charge is 0.455 e. The molecule has 3 rings (SSSR count). The van der Waals surface area contributed by atoms with Crippen molar-refractivity contribution in [2.24, 2.45) is 4.99 Å². The van der Waals surface area contributed by atoms with E-state index in [1.807, 2.05) is 24.3 Å². The lowest BCUT2D eigenvalue weighted by molar-refractivity contribution is -0.386. The summed E-state index contributed by atoms with van der Waals surface area (Å²) < 4.78 is 7.04. The van der Waals surface area contributed by atoms with Crippen molar-refractivity contribution in [2.45, 2.75) is 20.4 Å². The molecule has 2 heterocycles. The highest BCUT2D eigenvalue weighted by Gasteiger charge is 2.22. The number of hydrogen-bond acceptors (Lipinski definition) is 6. The van der Waals surface area contributed by atoms with Gasteiger partial charge in [-0.05, 0) is 38.1 Å². The molecular formula is C20H20ClN5O4. The molecule has 0 spiro atoms. The Morgan fingerprint density at radius 3 is 2.87 bits per heavy atom. The second kappa shape index (κ2) is 9.36. The molecule has 0 fully saturated rings. The first-order valence-electron chi connectivity index (χ1n) is 9.16. The summed E-state index contributed by atoms with van der Waals surface area (Å²) in [6, 6.07) is 11.0. The predicted octanol–water partition coefficient (Wildman–Crippen LogP) is 3.56. The van der Waals surface area contributed by atoms with Crippen LogP contribution in [0.3, 0.4) is 0 Å². The van der Waals surface area contributed by atoms with Crippen LogP contribution in [-0.2, 0) is 11.3 Å². The van der Waals surface area contributed by atoms with E-state index in [2.05, 4.69) is 15.4 Å². The zero-order valence-electron chi connectivity index (χ0n) is 16.5. The molecule has 2 aromatic heterocycles. The zero-order valence-corrected chi connectivity index (χ0v) is 17.2. The van der Waals surface area contributed by atoms with Gasteiger partial charge < -0.3 is 9.73 Å². The molecule has 10 heteroatoms. The van der Waals surface area contributed by atoms with Crippen molar-refractivity contribution in [2.75, 3.05) is 13.1 Å². The highest BCUT2D eigenvalue weighted by molar-refractivity contribution is 6.30. The molecule has 0 radical (unpaired) electrons. The number of rotatable bonds is 8. The number of carbonyl (C=O) groups excluding carboxylic acids is 1. The van der Waals surface area contributed by atoms with Crippen LogP contribution in [0.15, 0.2) is 45.8 Å². The summed E-state index contributed by atoms with van der Waals surface area (Å²) >= 11 is 5.99. The van der Waals surface area contributed by atoms with Crippen molar-refractivity contribution in [3.8, 4) is 11.3 Å². The summed E-state index contributed by atoms with van der Waals surface area (Å²) in [5, 5.41) is 18.4. The van der Waals surface area contributed by atoms with Crippen molar-refractivity contribution in [3.63, 3.8) is 0 Å². The van der Waals surface area contributed by atoms with E-state index in [1.54, 1.807) is 32.2 Å². The van der Waals surface area contributed by atoms with E-state index >= 15 is 0 Å². The van der Waals surface area contributed by atoms with Gasteiger partial charge in [-0.25, -0.2) is 0 Å². The lowest BCUT2D eigenvalue weighted by atomic mass is 10.2. The molecule has 0 unspecified atom stereocenters. The minimum Gasteiger partial charge on any atom is -0.455 e. The van der Waals surface area contributed by atoms with Gasteiger partial charge in [-0.1, -0.05) is 23.7 Å². The average molecular weight is 430 g/mol. The van der Waals surface area contributed by atoms with Crippen LogP contribution in [0.1, 0.15) is 17.1 Å². The number of nitrogens with zero attached hydrogens (tertiary/aromatic N) is 4. The highest BCUT2D eigenvalue weighted by Crippen LogP contribution is 2.24. The van der Waals surface area contributed by atoms with Gasteiger partial charge >= 0.3 is 5.69 Å². The van der Waals surface area contributed by atoms with Crippen LogP contribution in [-0.4, -0.2) is 39.9 Å².